The Morgan fingerprint density at radius 2 is 1.79 bits per heavy atom. The first-order valence-corrected chi connectivity index (χ1v) is 7.43. The summed E-state index contributed by atoms with van der Waals surface area (Å²) in [5.74, 6) is -0.0214. The van der Waals surface area contributed by atoms with Crippen molar-refractivity contribution in [2.24, 2.45) is 0 Å². The summed E-state index contributed by atoms with van der Waals surface area (Å²) in [6.07, 6.45) is 0.369. The van der Waals surface area contributed by atoms with Crippen LogP contribution in [0.15, 0.2) is 51.4 Å². The van der Waals surface area contributed by atoms with Crippen LogP contribution in [0.3, 0.4) is 0 Å². The first kappa shape index (κ1) is 14.3. The fraction of sp³-hybridized carbons (Fsp3) is 0.133. The van der Waals surface area contributed by atoms with Crippen LogP contribution in [0, 0.1) is 6.92 Å². The molecule has 0 spiro atoms. The quantitative estimate of drug-likeness (QED) is 0.818. The molecular weight excluding hydrogens is 370 g/mol. The minimum absolute atomic E-state index is 0.0214. The van der Waals surface area contributed by atoms with Crippen molar-refractivity contribution in [1.82, 2.24) is 0 Å². The van der Waals surface area contributed by atoms with E-state index in [4.69, 9.17) is 0 Å². The minimum Gasteiger partial charge on any atom is -0.325 e. The van der Waals surface area contributed by atoms with E-state index < -0.39 is 0 Å². The van der Waals surface area contributed by atoms with E-state index in [1.165, 1.54) is 0 Å². The average Bonchev–Trinajstić information content (AvgIpc) is 2.36. The molecule has 2 nitrogen and oxygen atoms in total. The van der Waals surface area contributed by atoms with Crippen molar-refractivity contribution in [2.45, 2.75) is 13.3 Å². The fourth-order valence-corrected chi connectivity index (χ4v) is 2.56. The molecule has 0 aromatic heterocycles. The SMILES string of the molecule is Cc1ccc(NC(=O)Cc2ccc(Br)cc2)c(Br)c1. The van der Waals surface area contributed by atoms with Crippen LogP contribution >= 0.6 is 31.9 Å². The van der Waals surface area contributed by atoms with Gasteiger partial charge in [0.05, 0.1) is 12.1 Å². The Balaban J connectivity index is 2.03. The zero-order chi connectivity index (χ0) is 13.8. The molecule has 0 fully saturated rings. The van der Waals surface area contributed by atoms with Crippen molar-refractivity contribution in [2.75, 3.05) is 5.32 Å². The van der Waals surface area contributed by atoms with Gasteiger partial charge in [0.15, 0.2) is 0 Å². The lowest BCUT2D eigenvalue weighted by molar-refractivity contribution is -0.115. The Morgan fingerprint density at radius 1 is 1.11 bits per heavy atom. The van der Waals surface area contributed by atoms with Gasteiger partial charge in [-0.25, -0.2) is 0 Å². The number of amides is 1. The van der Waals surface area contributed by atoms with Gasteiger partial charge in [-0.15, -0.1) is 0 Å². The topological polar surface area (TPSA) is 29.1 Å². The average molecular weight is 383 g/mol. The predicted octanol–water partition coefficient (Wildman–Crippen LogP) is 4.70. The fourth-order valence-electron chi connectivity index (χ4n) is 1.70. The van der Waals surface area contributed by atoms with Crippen LogP contribution in [-0.4, -0.2) is 5.91 Å². The number of hydrogen-bond donors (Lipinski definition) is 1. The summed E-state index contributed by atoms with van der Waals surface area (Å²) < 4.78 is 1.91. The highest BCUT2D eigenvalue weighted by Gasteiger charge is 2.06. The van der Waals surface area contributed by atoms with Crippen molar-refractivity contribution in [3.8, 4) is 0 Å². The Morgan fingerprint density at radius 3 is 2.42 bits per heavy atom. The molecule has 0 saturated heterocycles. The lowest BCUT2D eigenvalue weighted by atomic mass is 10.1. The third-order valence-electron chi connectivity index (χ3n) is 2.68. The third-order valence-corrected chi connectivity index (χ3v) is 3.86. The summed E-state index contributed by atoms with van der Waals surface area (Å²) in [5, 5.41) is 2.90. The molecule has 2 aromatic rings. The second kappa shape index (κ2) is 6.35. The Labute approximate surface area is 129 Å². The van der Waals surface area contributed by atoms with Gasteiger partial charge in [0, 0.05) is 8.95 Å². The largest absolute Gasteiger partial charge is 0.325 e. The molecule has 0 atom stereocenters. The maximum absolute atomic E-state index is 12.0. The Bertz CT molecular complexity index is 594. The van der Waals surface area contributed by atoms with Crippen molar-refractivity contribution in [3.05, 3.63) is 62.5 Å². The molecule has 98 valence electrons. The molecule has 1 amide bonds. The smallest absolute Gasteiger partial charge is 0.228 e. The van der Waals surface area contributed by atoms with Gasteiger partial charge < -0.3 is 5.32 Å². The van der Waals surface area contributed by atoms with E-state index in [2.05, 4.69) is 37.2 Å². The van der Waals surface area contributed by atoms with Crippen LogP contribution in [-0.2, 0) is 11.2 Å². The molecule has 0 heterocycles. The maximum atomic E-state index is 12.0. The Hall–Kier alpha value is -1.13. The van der Waals surface area contributed by atoms with Crippen LogP contribution in [0.5, 0.6) is 0 Å². The molecule has 0 saturated carbocycles. The zero-order valence-electron chi connectivity index (χ0n) is 10.4. The number of benzene rings is 2. The molecule has 2 rings (SSSR count). The van der Waals surface area contributed by atoms with Crippen molar-refractivity contribution in [1.29, 1.82) is 0 Å². The van der Waals surface area contributed by atoms with Crippen molar-refractivity contribution in [3.63, 3.8) is 0 Å². The number of anilines is 1. The Kier molecular flexibility index (Phi) is 4.77. The molecule has 0 aliphatic rings. The van der Waals surface area contributed by atoms with Gasteiger partial charge in [0.2, 0.25) is 5.91 Å². The van der Waals surface area contributed by atoms with E-state index in [0.29, 0.717) is 6.42 Å². The summed E-state index contributed by atoms with van der Waals surface area (Å²) in [7, 11) is 0. The predicted molar refractivity (Wildman–Crippen MR) is 85.4 cm³/mol. The van der Waals surface area contributed by atoms with Crippen LogP contribution in [0.25, 0.3) is 0 Å². The van der Waals surface area contributed by atoms with Gasteiger partial charge in [-0.1, -0.05) is 34.1 Å². The summed E-state index contributed by atoms with van der Waals surface area (Å²) in [4.78, 5) is 12.0. The van der Waals surface area contributed by atoms with Gasteiger partial charge in [-0.3, -0.25) is 4.79 Å². The molecule has 0 aliphatic heterocycles. The molecule has 4 heteroatoms. The van der Waals surface area contributed by atoms with E-state index in [9.17, 15) is 4.79 Å². The van der Waals surface area contributed by atoms with Crippen LogP contribution in [0.2, 0.25) is 0 Å². The van der Waals surface area contributed by atoms with E-state index in [-0.39, 0.29) is 5.91 Å². The van der Waals surface area contributed by atoms with E-state index in [1.807, 2.05) is 49.4 Å². The molecular formula is C15H13Br2NO. The lowest BCUT2D eigenvalue weighted by Gasteiger charge is -2.08. The summed E-state index contributed by atoms with van der Waals surface area (Å²) in [6, 6.07) is 13.6. The van der Waals surface area contributed by atoms with E-state index in [1.54, 1.807) is 0 Å². The molecule has 19 heavy (non-hydrogen) atoms. The normalized spacial score (nSPS) is 10.3. The van der Waals surface area contributed by atoms with Gasteiger partial charge in [0.1, 0.15) is 0 Å². The number of hydrogen-bond acceptors (Lipinski definition) is 1. The highest BCUT2D eigenvalue weighted by molar-refractivity contribution is 9.10. The van der Waals surface area contributed by atoms with Gasteiger partial charge >= 0.3 is 0 Å². The van der Waals surface area contributed by atoms with E-state index >= 15 is 0 Å². The number of nitrogens with one attached hydrogen (secondary N) is 1. The molecule has 0 bridgehead atoms. The number of carbonyl (C=O) groups is 1. The lowest BCUT2D eigenvalue weighted by Crippen LogP contribution is -2.14. The standard InChI is InChI=1S/C15H13Br2NO/c1-10-2-7-14(13(17)8-10)18-15(19)9-11-3-5-12(16)6-4-11/h2-8H,9H2,1H3,(H,18,19). The number of halogens is 2. The second-order valence-corrected chi connectivity index (χ2v) is 6.10. The van der Waals surface area contributed by atoms with Crippen LogP contribution in [0.1, 0.15) is 11.1 Å². The van der Waals surface area contributed by atoms with Crippen LogP contribution < -0.4 is 5.32 Å². The highest BCUT2D eigenvalue weighted by atomic mass is 79.9. The van der Waals surface area contributed by atoms with Gasteiger partial charge in [0.25, 0.3) is 0 Å². The molecule has 0 unspecified atom stereocenters. The van der Waals surface area contributed by atoms with Gasteiger partial charge in [-0.05, 0) is 58.2 Å². The second-order valence-electron chi connectivity index (χ2n) is 4.33. The summed E-state index contributed by atoms with van der Waals surface area (Å²) in [5.41, 5.74) is 2.94. The highest BCUT2D eigenvalue weighted by Crippen LogP contribution is 2.23. The van der Waals surface area contributed by atoms with Gasteiger partial charge in [-0.2, -0.15) is 0 Å². The third kappa shape index (κ3) is 4.18. The first-order valence-electron chi connectivity index (χ1n) is 5.85. The van der Waals surface area contributed by atoms with Crippen LogP contribution in [0.4, 0.5) is 5.69 Å². The monoisotopic (exact) mass is 381 g/mol. The number of carbonyl (C=O) groups excluding carboxylic acids is 1. The van der Waals surface area contributed by atoms with Crippen molar-refractivity contribution < 1.29 is 4.79 Å². The molecule has 1 N–H and O–H groups in total. The first-order chi connectivity index (χ1) is 9.04. The zero-order valence-corrected chi connectivity index (χ0v) is 13.6. The van der Waals surface area contributed by atoms with Crippen molar-refractivity contribution >= 4 is 43.5 Å². The summed E-state index contributed by atoms with van der Waals surface area (Å²) in [6.45, 7) is 2.01. The number of rotatable bonds is 3. The molecule has 0 radical (unpaired) electrons. The maximum Gasteiger partial charge on any atom is 0.228 e. The number of aryl methyl sites for hydroxylation is 1. The summed E-state index contributed by atoms with van der Waals surface area (Å²) >= 11 is 6.82. The molecule has 2 aromatic carbocycles. The van der Waals surface area contributed by atoms with E-state index in [0.717, 1.165) is 25.8 Å². The molecule has 0 aliphatic carbocycles. The minimum atomic E-state index is -0.0214.